The Hall–Kier alpha value is -7.08. The topological polar surface area (TPSA) is 111 Å². The number of ether oxygens (including phenoxy) is 12. The van der Waals surface area contributed by atoms with Crippen molar-refractivity contribution in [2.45, 2.75) is 0 Å². The maximum Gasteiger partial charge on any atom is 0.162 e. The van der Waals surface area contributed by atoms with E-state index in [0.717, 1.165) is 64.6 Å². The number of hydrogen-bond acceptors (Lipinski definition) is 12. The molecular weight excluding hydrogens is 769 g/mol. The standard InChI is InChI=1S/C48H38O12/c1-49-37-13-25-27(31-19-43-47(59-11-9-55-43)23-35(31)33-21-45-41(17-29(25)33)53-5-7-57-45)15-39(37)51-3-4-52-40-16-28-26(14-38(40)50-2)30-18-42-46(58-8-6-54-42)22-34(30)36-24-48-44(20-32(28)36)56-10-12-60-48/h13-24H,3-12H2,1-2H3. The molecule has 0 saturated heterocycles. The third-order valence-electron chi connectivity index (χ3n) is 11.7. The van der Waals surface area contributed by atoms with Gasteiger partial charge in [-0.25, -0.2) is 0 Å². The Morgan fingerprint density at radius 2 is 0.467 bits per heavy atom. The van der Waals surface area contributed by atoms with Crippen LogP contribution in [-0.2, 0) is 0 Å². The van der Waals surface area contributed by atoms with Crippen molar-refractivity contribution in [3.8, 4) is 69.0 Å². The molecular formula is C48H38O12. The smallest absolute Gasteiger partial charge is 0.162 e. The van der Waals surface area contributed by atoms with Gasteiger partial charge in [0.05, 0.1) is 14.2 Å². The molecule has 12 nitrogen and oxygen atoms in total. The summed E-state index contributed by atoms with van der Waals surface area (Å²) in [7, 11) is 3.29. The van der Waals surface area contributed by atoms with Gasteiger partial charge in [-0.05, 0) is 137 Å². The molecule has 0 aromatic heterocycles. The molecule has 8 aromatic carbocycles. The molecule has 0 radical (unpaired) electrons. The zero-order valence-corrected chi connectivity index (χ0v) is 32.9. The van der Waals surface area contributed by atoms with Gasteiger partial charge in [0.25, 0.3) is 0 Å². The molecule has 12 heteroatoms. The minimum Gasteiger partial charge on any atom is -0.493 e. The summed E-state index contributed by atoms with van der Waals surface area (Å²) in [6.07, 6.45) is 0. The molecule has 0 amide bonds. The first-order valence-corrected chi connectivity index (χ1v) is 20.1. The predicted molar refractivity (Wildman–Crippen MR) is 226 cm³/mol. The maximum atomic E-state index is 6.48. The molecule has 302 valence electrons. The molecule has 4 aliphatic heterocycles. The summed E-state index contributed by atoms with van der Waals surface area (Å²) in [5, 5.41) is 11.9. The van der Waals surface area contributed by atoms with Gasteiger partial charge in [-0.3, -0.25) is 0 Å². The minimum absolute atomic E-state index is 0.222. The lowest BCUT2D eigenvalue weighted by Gasteiger charge is -2.23. The lowest BCUT2D eigenvalue weighted by atomic mass is 9.93. The molecule has 0 atom stereocenters. The lowest BCUT2D eigenvalue weighted by Crippen LogP contribution is -2.15. The van der Waals surface area contributed by atoms with Crippen LogP contribution in [0.1, 0.15) is 0 Å². The van der Waals surface area contributed by atoms with Crippen molar-refractivity contribution in [2.75, 3.05) is 80.3 Å². The van der Waals surface area contributed by atoms with Crippen LogP contribution in [0, 0.1) is 0 Å². The van der Waals surface area contributed by atoms with Crippen molar-refractivity contribution in [2.24, 2.45) is 0 Å². The van der Waals surface area contributed by atoms with E-state index in [0.29, 0.717) is 122 Å². The van der Waals surface area contributed by atoms with E-state index in [2.05, 4.69) is 24.3 Å². The molecule has 12 rings (SSSR count). The maximum absolute atomic E-state index is 6.48. The van der Waals surface area contributed by atoms with Gasteiger partial charge in [0.1, 0.15) is 66.1 Å². The van der Waals surface area contributed by atoms with Gasteiger partial charge in [0.2, 0.25) is 0 Å². The molecule has 0 unspecified atom stereocenters. The second-order valence-electron chi connectivity index (χ2n) is 15.0. The van der Waals surface area contributed by atoms with Gasteiger partial charge >= 0.3 is 0 Å². The SMILES string of the molecule is COc1cc2c(cc1OCCOc1cc3c(cc1OC)c1cc4c(cc1c1cc5c(cc31)OCCO5)OCCO4)c1cc3c(cc1c1cc4c(cc21)OCCO4)OCCO3. The molecule has 8 aromatic rings. The number of benzene rings is 8. The van der Waals surface area contributed by atoms with Crippen molar-refractivity contribution in [3.05, 3.63) is 72.8 Å². The van der Waals surface area contributed by atoms with E-state index in [-0.39, 0.29) is 13.2 Å². The van der Waals surface area contributed by atoms with Crippen molar-refractivity contribution in [1.29, 1.82) is 0 Å². The third kappa shape index (κ3) is 5.50. The van der Waals surface area contributed by atoms with Crippen molar-refractivity contribution >= 4 is 64.6 Å². The highest BCUT2D eigenvalue weighted by atomic mass is 16.6. The van der Waals surface area contributed by atoms with E-state index < -0.39 is 0 Å². The van der Waals surface area contributed by atoms with Crippen LogP contribution in [0.25, 0.3) is 64.6 Å². The summed E-state index contributed by atoms with van der Waals surface area (Å²) in [5.74, 6) is 7.98. The van der Waals surface area contributed by atoms with Crippen LogP contribution in [0.2, 0.25) is 0 Å². The van der Waals surface area contributed by atoms with Crippen molar-refractivity contribution in [3.63, 3.8) is 0 Å². The van der Waals surface area contributed by atoms with Gasteiger partial charge < -0.3 is 56.8 Å². The fourth-order valence-corrected chi connectivity index (χ4v) is 9.00. The highest BCUT2D eigenvalue weighted by Gasteiger charge is 2.24. The second kappa shape index (κ2) is 13.8. The summed E-state index contributed by atoms with van der Waals surface area (Å²) in [6.45, 7) is 4.37. The van der Waals surface area contributed by atoms with Crippen LogP contribution in [0.5, 0.6) is 69.0 Å². The van der Waals surface area contributed by atoms with E-state index >= 15 is 0 Å². The first-order chi connectivity index (χ1) is 29.6. The average molecular weight is 807 g/mol. The number of methoxy groups -OCH3 is 2. The highest BCUT2D eigenvalue weighted by molar-refractivity contribution is 6.28. The second-order valence-corrected chi connectivity index (χ2v) is 15.0. The van der Waals surface area contributed by atoms with Crippen molar-refractivity contribution in [1.82, 2.24) is 0 Å². The van der Waals surface area contributed by atoms with Crippen LogP contribution < -0.4 is 56.8 Å². The number of rotatable bonds is 7. The highest BCUT2D eigenvalue weighted by Crippen LogP contribution is 2.50. The van der Waals surface area contributed by atoms with Crippen LogP contribution >= 0.6 is 0 Å². The van der Waals surface area contributed by atoms with E-state index in [1.54, 1.807) is 14.2 Å². The Balaban J connectivity index is 0.920. The first-order valence-electron chi connectivity index (χ1n) is 20.1. The Kier molecular flexibility index (Phi) is 8.01. The van der Waals surface area contributed by atoms with Gasteiger partial charge in [-0.1, -0.05) is 0 Å². The molecule has 60 heavy (non-hydrogen) atoms. The molecule has 0 N–H and O–H groups in total. The Morgan fingerprint density at radius 3 is 0.667 bits per heavy atom. The molecule has 0 bridgehead atoms. The number of hydrogen-bond donors (Lipinski definition) is 0. The Morgan fingerprint density at radius 1 is 0.283 bits per heavy atom. The van der Waals surface area contributed by atoms with Gasteiger partial charge in [0.15, 0.2) is 69.0 Å². The normalized spacial score (nSPS) is 15.2. The summed E-state index contributed by atoms with van der Waals surface area (Å²) < 4.78 is 73.0. The van der Waals surface area contributed by atoms with Gasteiger partial charge in [0, 0.05) is 0 Å². The van der Waals surface area contributed by atoms with Crippen LogP contribution in [0.3, 0.4) is 0 Å². The Bertz CT molecular complexity index is 2810. The molecule has 0 saturated carbocycles. The molecule has 0 spiro atoms. The summed E-state index contributed by atoms with van der Waals surface area (Å²) in [5.41, 5.74) is 0. The summed E-state index contributed by atoms with van der Waals surface area (Å²) in [6, 6.07) is 24.5. The van der Waals surface area contributed by atoms with Crippen LogP contribution in [0.4, 0.5) is 0 Å². The van der Waals surface area contributed by atoms with Crippen LogP contribution in [0.15, 0.2) is 72.8 Å². The van der Waals surface area contributed by atoms with Crippen molar-refractivity contribution < 1.29 is 56.8 Å². The van der Waals surface area contributed by atoms with E-state index in [4.69, 9.17) is 56.8 Å². The average Bonchev–Trinajstić information content (AvgIpc) is 3.30. The fourth-order valence-electron chi connectivity index (χ4n) is 9.00. The quantitative estimate of drug-likeness (QED) is 0.113. The zero-order valence-electron chi connectivity index (χ0n) is 32.9. The third-order valence-corrected chi connectivity index (χ3v) is 11.7. The van der Waals surface area contributed by atoms with E-state index in [1.165, 1.54) is 0 Å². The molecule has 0 aliphatic carbocycles. The molecule has 4 aliphatic rings. The molecule has 0 fully saturated rings. The lowest BCUT2D eigenvalue weighted by molar-refractivity contribution is 0.172. The van der Waals surface area contributed by atoms with E-state index in [9.17, 15) is 0 Å². The largest absolute Gasteiger partial charge is 0.493 e. The van der Waals surface area contributed by atoms with Crippen LogP contribution in [-0.4, -0.2) is 80.3 Å². The Labute approximate surface area is 342 Å². The monoisotopic (exact) mass is 806 g/mol. The summed E-state index contributed by atoms with van der Waals surface area (Å²) >= 11 is 0. The first kappa shape index (κ1) is 34.9. The summed E-state index contributed by atoms with van der Waals surface area (Å²) in [4.78, 5) is 0. The zero-order chi connectivity index (χ0) is 39.9. The van der Waals surface area contributed by atoms with Gasteiger partial charge in [-0.15, -0.1) is 0 Å². The number of fused-ring (bicyclic) bond motifs is 16. The minimum atomic E-state index is 0.222. The predicted octanol–water partition coefficient (Wildman–Crippen LogP) is 9.17. The fraction of sp³-hybridized carbons (Fsp3) is 0.250. The molecule has 4 heterocycles. The van der Waals surface area contributed by atoms with E-state index in [1.807, 2.05) is 48.5 Å². The van der Waals surface area contributed by atoms with Gasteiger partial charge in [-0.2, -0.15) is 0 Å².